The van der Waals surface area contributed by atoms with Crippen molar-refractivity contribution in [3.8, 4) is 5.75 Å². The Morgan fingerprint density at radius 3 is 2.55 bits per heavy atom. The van der Waals surface area contributed by atoms with Gasteiger partial charge in [0.1, 0.15) is 11.8 Å². The predicted molar refractivity (Wildman–Crippen MR) is 90.6 cm³/mol. The highest BCUT2D eigenvalue weighted by Crippen LogP contribution is 2.37. The van der Waals surface area contributed by atoms with Crippen LogP contribution >= 0.6 is 0 Å². The largest absolute Gasteiger partial charge is 0.543 e. The molecule has 5 heteroatoms. The molecule has 1 aliphatic rings. The zero-order valence-electron chi connectivity index (χ0n) is 14.4. The molecule has 4 nitrogen and oxygen atoms in total. The molecule has 0 amide bonds. The van der Waals surface area contributed by atoms with Crippen LogP contribution in [0, 0.1) is 0 Å². The molecule has 122 valence electrons. The summed E-state index contributed by atoms with van der Waals surface area (Å²) in [5, 5.41) is 3.41. The van der Waals surface area contributed by atoms with E-state index in [-0.39, 0.29) is 17.0 Å². The van der Waals surface area contributed by atoms with E-state index < -0.39 is 8.32 Å². The molecule has 1 atom stereocenters. The highest BCUT2D eigenvalue weighted by molar-refractivity contribution is 6.74. The second kappa shape index (κ2) is 6.05. The number of hydrogen-bond acceptors (Lipinski definition) is 4. The maximum Gasteiger partial charge on any atom is 0.323 e. The van der Waals surface area contributed by atoms with E-state index in [9.17, 15) is 4.79 Å². The molecular weight excluding hydrogens is 294 g/mol. The molecule has 0 radical (unpaired) electrons. The van der Waals surface area contributed by atoms with Crippen molar-refractivity contribution in [1.82, 2.24) is 5.32 Å². The van der Waals surface area contributed by atoms with Crippen LogP contribution in [-0.4, -0.2) is 27.4 Å². The van der Waals surface area contributed by atoms with Crippen LogP contribution in [0.15, 0.2) is 18.2 Å². The van der Waals surface area contributed by atoms with E-state index in [4.69, 9.17) is 9.16 Å². The lowest BCUT2D eigenvalue weighted by Gasteiger charge is -2.36. The van der Waals surface area contributed by atoms with Gasteiger partial charge >= 0.3 is 5.97 Å². The number of hydrogen-bond donors (Lipinski definition) is 1. The van der Waals surface area contributed by atoms with Crippen LogP contribution in [0.1, 0.15) is 31.9 Å². The van der Waals surface area contributed by atoms with Gasteiger partial charge in [-0.25, -0.2) is 0 Å². The van der Waals surface area contributed by atoms with Crippen molar-refractivity contribution in [2.75, 3.05) is 7.11 Å². The number of rotatable bonds is 3. The molecule has 0 spiro atoms. The van der Waals surface area contributed by atoms with E-state index in [0.717, 1.165) is 5.75 Å². The first-order valence-electron chi connectivity index (χ1n) is 7.76. The summed E-state index contributed by atoms with van der Waals surface area (Å²) in [6.07, 6.45) is 0.669. The molecule has 0 aromatic heterocycles. The molecular formula is C17H27NO3Si. The zero-order valence-corrected chi connectivity index (χ0v) is 15.4. The average Bonchev–Trinajstić information content (AvgIpc) is 2.44. The van der Waals surface area contributed by atoms with Gasteiger partial charge in [-0.1, -0.05) is 26.8 Å². The number of methoxy groups -OCH3 is 1. The van der Waals surface area contributed by atoms with Gasteiger partial charge in [-0.15, -0.1) is 0 Å². The van der Waals surface area contributed by atoms with E-state index in [1.807, 2.05) is 6.07 Å². The summed E-state index contributed by atoms with van der Waals surface area (Å²) in [6.45, 7) is 11.9. The average molecular weight is 321 g/mol. The van der Waals surface area contributed by atoms with Gasteiger partial charge in [0.05, 0.1) is 7.11 Å². The first kappa shape index (κ1) is 17.0. The summed E-state index contributed by atoms with van der Waals surface area (Å²) in [7, 11) is -0.396. The molecule has 0 aliphatic carbocycles. The Kier molecular flexibility index (Phi) is 4.68. The fourth-order valence-electron chi connectivity index (χ4n) is 2.31. The van der Waals surface area contributed by atoms with Gasteiger partial charge in [0.15, 0.2) is 0 Å². The van der Waals surface area contributed by atoms with Crippen LogP contribution in [0.5, 0.6) is 5.75 Å². The lowest BCUT2D eigenvalue weighted by molar-refractivity contribution is -0.143. The molecule has 0 saturated carbocycles. The Bertz CT molecular complexity index is 564. The van der Waals surface area contributed by atoms with Gasteiger partial charge in [-0.2, -0.15) is 0 Å². The molecule has 2 rings (SSSR count). The standard InChI is InChI=1S/C17H27NO3Si/c1-17(2,3)22(5,6)21-14-8-7-12-10-15(16(19)20-4)18-11-13(12)9-14/h7-9,15,18H,10-11H2,1-6H3/t15-/m1/s1. The van der Waals surface area contributed by atoms with E-state index in [0.29, 0.717) is 13.0 Å². The molecule has 22 heavy (non-hydrogen) atoms. The van der Waals surface area contributed by atoms with E-state index >= 15 is 0 Å². The maximum atomic E-state index is 11.6. The smallest absolute Gasteiger partial charge is 0.323 e. The minimum Gasteiger partial charge on any atom is -0.543 e. The molecule has 0 unspecified atom stereocenters. The Labute approximate surface area is 134 Å². The fourth-order valence-corrected chi connectivity index (χ4v) is 3.33. The molecule has 0 fully saturated rings. The summed E-state index contributed by atoms with van der Waals surface area (Å²) in [4.78, 5) is 11.6. The molecule has 0 saturated heterocycles. The number of carbonyl (C=O) groups is 1. The number of nitrogens with one attached hydrogen (secondary N) is 1. The van der Waals surface area contributed by atoms with Crippen LogP contribution < -0.4 is 9.74 Å². The molecule has 1 aromatic carbocycles. The number of ether oxygens (including phenoxy) is 1. The first-order valence-corrected chi connectivity index (χ1v) is 10.7. The lowest BCUT2D eigenvalue weighted by atomic mass is 9.96. The topological polar surface area (TPSA) is 47.6 Å². The van der Waals surface area contributed by atoms with E-state index in [1.165, 1.54) is 18.2 Å². The Balaban J connectivity index is 2.16. The third-order valence-corrected chi connectivity index (χ3v) is 9.16. The van der Waals surface area contributed by atoms with Crippen LogP contribution in [0.25, 0.3) is 0 Å². The van der Waals surface area contributed by atoms with Crippen molar-refractivity contribution in [2.24, 2.45) is 0 Å². The van der Waals surface area contributed by atoms with Gasteiger partial charge in [-0.05, 0) is 47.8 Å². The predicted octanol–water partition coefficient (Wildman–Crippen LogP) is 3.26. The molecule has 1 aliphatic heterocycles. The van der Waals surface area contributed by atoms with Gasteiger partial charge in [0.2, 0.25) is 8.32 Å². The normalized spacial score (nSPS) is 18.5. The van der Waals surface area contributed by atoms with Crippen LogP contribution in [0.2, 0.25) is 18.1 Å². The summed E-state index contributed by atoms with van der Waals surface area (Å²) < 4.78 is 11.2. The minimum absolute atomic E-state index is 0.178. The first-order chi connectivity index (χ1) is 10.1. The molecule has 1 aromatic rings. The lowest BCUT2D eigenvalue weighted by Crippen LogP contribution is -2.44. The second-order valence-corrected chi connectivity index (χ2v) is 12.2. The summed E-state index contributed by atoms with van der Waals surface area (Å²) in [5.74, 6) is 0.732. The Hall–Kier alpha value is -1.33. The SMILES string of the molecule is COC(=O)[C@H]1Cc2ccc(O[Si](C)(C)C(C)(C)C)cc2CN1. The quantitative estimate of drug-likeness (QED) is 0.686. The van der Waals surface area contributed by atoms with Gasteiger partial charge in [-0.3, -0.25) is 4.79 Å². The highest BCUT2D eigenvalue weighted by Gasteiger charge is 2.39. The van der Waals surface area contributed by atoms with Gasteiger partial charge in [0.25, 0.3) is 0 Å². The Morgan fingerprint density at radius 1 is 1.27 bits per heavy atom. The number of esters is 1. The summed E-state index contributed by atoms with van der Waals surface area (Å²) >= 11 is 0. The van der Waals surface area contributed by atoms with Crippen LogP contribution in [-0.2, 0) is 22.5 Å². The monoisotopic (exact) mass is 321 g/mol. The van der Waals surface area contributed by atoms with E-state index in [2.05, 4.69) is 51.3 Å². The molecule has 0 bridgehead atoms. The molecule has 1 heterocycles. The van der Waals surface area contributed by atoms with E-state index in [1.54, 1.807) is 0 Å². The maximum absolute atomic E-state index is 11.6. The third-order valence-electron chi connectivity index (χ3n) is 4.81. The van der Waals surface area contributed by atoms with Crippen molar-refractivity contribution in [1.29, 1.82) is 0 Å². The van der Waals surface area contributed by atoms with Crippen molar-refractivity contribution in [3.05, 3.63) is 29.3 Å². The molecule has 1 N–H and O–H groups in total. The van der Waals surface area contributed by atoms with Crippen molar-refractivity contribution < 1.29 is 14.0 Å². The summed E-state index contributed by atoms with van der Waals surface area (Å²) in [6, 6.07) is 5.97. The van der Waals surface area contributed by atoms with Gasteiger partial charge < -0.3 is 14.5 Å². The Morgan fingerprint density at radius 2 is 1.95 bits per heavy atom. The fraction of sp³-hybridized carbons (Fsp3) is 0.588. The van der Waals surface area contributed by atoms with Crippen LogP contribution in [0.4, 0.5) is 0 Å². The number of fused-ring (bicyclic) bond motifs is 1. The number of benzene rings is 1. The van der Waals surface area contributed by atoms with Crippen molar-refractivity contribution in [3.63, 3.8) is 0 Å². The third kappa shape index (κ3) is 3.52. The number of carbonyl (C=O) groups excluding carboxylic acids is 1. The van der Waals surface area contributed by atoms with Crippen molar-refractivity contribution in [2.45, 2.75) is 57.9 Å². The minimum atomic E-state index is -1.82. The zero-order chi connectivity index (χ0) is 16.5. The van der Waals surface area contributed by atoms with Gasteiger partial charge in [0, 0.05) is 6.54 Å². The highest BCUT2D eigenvalue weighted by atomic mass is 28.4. The van der Waals surface area contributed by atoms with Crippen LogP contribution in [0.3, 0.4) is 0 Å². The summed E-state index contributed by atoms with van der Waals surface area (Å²) in [5.41, 5.74) is 2.40. The second-order valence-electron chi connectivity index (χ2n) is 7.45. The van der Waals surface area contributed by atoms with Crippen molar-refractivity contribution >= 4 is 14.3 Å².